The minimum Gasteiger partial charge on any atom is -0.484 e. The van der Waals surface area contributed by atoms with Crippen LogP contribution in [0, 0.1) is 6.92 Å². The van der Waals surface area contributed by atoms with Crippen molar-refractivity contribution in [2.24, 2.45) is 0 Å². The van der Waals surface area contributed by atoms with Crippen LogP contribution in [0.15, 0.2) is 28.9 Å². The average molecular weight is 385 g/mol. The number of thiazole rings is 1. The Morgan fingerprint density at radius 2 is 2.26 bits per heavy atom. The van der Waals surface area contributed by atoms with Gasteiger partial charge >= 0.3 is 0 Å². The van der Waals surface area contributed by atoms with Crippen LogP contribution in [0.1, 0.15) is 54.0 Å². The van der Waals surface area contributed by atoms with E-state index < -0.39 is 0 Å². The topological polar surface area (TPSA) is 68.5 Å². The maximum Gasteiger partial charge on any atom is 0.276 e. The number of carbonyl (C=O) groups excluding carboxylic acids is 1. The standard InChI is InChI=1S/C20H23N3O3S/c1-3-14-6-4-5-9-23(14)20(24)17-11-26-19(22-17)12-25-15-7-8-18-16(10-15)21-13(2)27-18/h7-8,10-11,14H,3-6,9,12H2,1-2H3/t14-/m1/s1. The second-order valence-corrected chi connectivity index (χ2v) is 8.07. The van der Waals surface area contributed by atoms with Crippen molar-refractivity contribution < 1.29 is 13.9 Å². The summed E-state index contributed by atoms with van der Waals surface area (Å²) in [5.74, 6) is 1.06. The van der Waals surface area contributed by atoms with E-state index >= 15 is 0 Å². The summed E-state index contributed by atoms with van der Waals surface area (Å²) < 4.78 is 12.4. The van der Waals surface area contributed by atoms with Gasteiger partial charge in [-0.05, 0) is 44.7 Å². The molecule has 0 saturated carbocycles. The third-order valence-corrected chi connectivity index (χ3v) is 5.91. The van der Waals surface area contributed by atoms with Gasteiger partial charge in [0.05, 0.1) is 15.2 Å². The van der Waals surface area contributed by atoms with E-state index in [1.807, 2.05) is 30.0 Å². The van der Waals surface area contributed by atoms with Crippen LogP contribution in [0.4, 0.5) is 0 Å². The van der Waals surface area contributed by atoms with Crippen molar-refractivity contribution in [3.05, 3.63) is 41.1 Å². The number of piperidine rings is 1. The van der Waals surface area contributed by atoms with Crippen molar-refractivity contribution in [3.8, 4) is 5.75 Å². The molecule has 1 saturated heterocycles. The fourth-order valence-corrected chi connectivity index (χ4v) is 4.38. The Morgan fingerprint density at radius 1 is 1.37 bits per heavy atom. The minimum atomic E-state index is -0.0454. The smallest absolute Gasteiger partial charge is 0.276 e. The number of likely N-dealkylation sites (tertiary alicyclic amines) is 1. The summed E-state index contributed by atoms with van der Waals surface area (Å²) in [7, 11) is 0. The first-order valence-electron chi connectivity index (χ1n) is 9.39. The third-order valence-electron chi connectivity index (χ3n) is 4.96. The van der Waals surface area contributed by atoms with Gasteiger partial charge in [-0.25, -0.2) is 9.97 Å². The summed E-state index contributed by atoms with van der Waals surface area (Å²) >= 11 is 1.66. The van der Waals surface area contributed by atoms with E-state index in [0.29, 0.717) is 23.4 Å². The summed E-state index contributed by atoms with van der Waals surface area (Å²) in [5, 5.41) is 1.03. The molecule has 1 amide bonds. The lowest BCUT2D eigenvalue weighted by molar-refractivity contribution is 0.0602. The quantitative estimate of drug-likeness (QED) is 0.643. The molecule has 7 heteroatoms. The maximum atomic E-state index is 12.8. The van der Waals surface area contributed by atoms with Gasteiger partial charge in [0.15, 0.2) is 12.3 Å². The Bertz CT molecular complexity index is 949. The maximum absolute atomic E-state index is 12.8. The van der Waals surface area contributed by atoms with Crippen LogP contribution in [-0.4, -0.2) is 33.4 Å². The van der Waals surface area contributed by atoms with Crippen LogP contribution in [0.3, 0.4) is 0 Å². The summed E-state index contributed by atoms with van der Waals surface area (Å²) in [4.78, 5) is 23.5. The molecule has 3 heterocycles. The number of rotatable bonds is 5. The second kappa shape index (κ2) is 7.68. The number of oxazole rings is 1. The molecular weight excluding hydrogens is 362 g/mol. The van der Waals surface area contributed by atoms with E-state index in [4.69, 9.17) is 9.15 Å². The predicted molar refractivity (Wildman–Crippen MR) is 104 cm³/mol. The van der Waals surface area contributed by atoms with E-state index in [1.165, 1.54) is 12.7 Å². The molecule has 6 nitrogen and oxygen atoms in total. The van der Waals surface area contributed by atoms with Crippen molar-refractivity contribution in [1.82, 2.24) is 14.9 Å². The molecule has 1 atom stereocenters. The first-order valence-corrected chi connectivity index (χ1v) is 10.2. The van der Waals surface area contributed by atoms with Crippen molar-refractivity contribution in [2.75, 3.05) is 6.54 Å². The lowest BCUT2D eigenvalue weighted by Gasteiger charge is -2.34. The Kier molecular flexibility index (Phi) is 5.11. The average Bonchev–Trinajstić information content (AvgIpc) is 3.31. The lowest BCUT2D eigenvalue weighted by atomic mass is 10.00. The Hall–Kier alpha value is -2.41. The largest absolute Gasteiger partial charge is 0.484 e. The molecule has 0 N–H and O–H groups in total. The van der Waals surface area contributed by atoms with Gasteiger partial charge in [0.1, 0.15) is 12.0 Å². The lowest BCUT2D eigenvalue weighted by Crippen LogP contribution is -2.43. The van der Waals surface area contributed by atoms with Crippen LogP contribution in [0.2, 0.25) is 0 Å². The number of aryl methyl sites for hydroxylation is 1. The molecule has 0 bridgehead atoms. The highest BCUT2D eigenvalue weighted by Gasteiger charge is 2.28. The number of fused-ring (bicyclic) bond motifs is 1. The van der Waals surface area contributed by atoms with Crippen LogP contribution >= 0.6 is 11.3 Å². The number of hydrogen-bond donors (Lipinski definition) is 0. The molecule has 1 aliphatic rings. The summed E-state index contributed by atoms with van der Waals surface area (Å²) in [6.45, 7) is 5.09. The Morgan fingerprint density at radius 3 is 3.11 bits per heavy atom. The molecule has 4 rings (SSSR count). The van der Waals surface area contributed by atoms with Gasteiger partial charge in [0.25, 0.3) is 5.91 Å². The molecule has 142 valence electrons. The van der Waals surface area contributed by atoms with Gasteiger partial charge in [0, 0.05) is 18.7 Å². The second-order valence-electron chi connectivity index (χ2n) is 6.83. The van der Waals surface area contributed by atoms with Gasteiger partial charge in [-0.2, -0.15) is 0 Å². The summed E-state index contributed by atoms with van der Waals surface area (Å²) in [5.41, 5.74) is 1.29. The van der Waals surface area contributed by atoms with E-state index in [0.717, 1.165) is 41.0 Å². The summed E-state index contributed by atoms with van der Waals surface area (Å²) in [6.07, 6.45) is 5.71. The number of benzene rings is 1. The number of carbonyl (C=O) groups is 1. The molecule has 27 heavy (non-hydrogen) atoms. The third kappa shape index (κ3) is 3.83. The molecular formula is C20H23N3O3S. The first-order chi connectivity index (χ1) is 13.1. The van der Waals surface area contributed by atoms with Crippen LogP contribution in [-0.2, 0) is 6.61 Å². The molecule has 2 aromatic heterocycles. The summed E-state index contributed by atoms with van der Waals surface area (Å²) in [6, 6.07) is 6.12. The van der Waals surface area contributed by atoms with Gasteiger partial charge in [-0.3, -0.25) is 4.79 Å². The monoisotopic (exact) mass is 385 g/mol. The molecule has 1 fully saturated rings. The fourth-order valence-electron chi connectivity index (χ4n) is 3.57. The SMILES string of the molecule is CC[C@@H]1CCCCN1C(=O)c1coc(COc2ccc3sc(C)nc3c2)n1. The van der Waals surface area contributed by atoms with Crippen molar-refractivity contribution in [1.29, 1.82) is 0 Å². The highest BCUT2D eigenvalue weighted by Crippen LogP contribution is 2.26. The predicted octanol–water partition coefficient (Wildman–Crippen LogP) is 4.58. The van der Waals surface area contributed by atoms with E-state index in [1.54, 1.807) is 11.3 Å². The number of amides is 1. The number of aromatic nitrogens is 2. The Labute approximate surface area is 162 Å². The number of nitrogens with zero attached hydrogens (tertiary/aromatic N) is 3. The van der Waals surface area contributed by atoms with Crippen molar-refractivity contribution in [2.45, 2.75) is 52.2 Å². The van der Waals surface area contributed by atoms with Crippen LogP contribution in [0.5, 0.6) is 5.75 Å². The van der Waals surface area contributed by atoms with Crippen LogP contribution < -0.4 is 4.74 Å². The van der Waals surface area contributed by atoms with Gasteiger partial charge in [-0.1, -0.05) is 6.92 Å². The minimum absolute atomic E-state index is 0.0454. The zero-order valence-corrected chi connectivity index (χ0v) is 16.4. The zero-order chi connectivity index (χ0) is 18.8. The first kappa shape index (κ1) is 18.0. The van der Waals surface area contributed by atoms with Gasteiger partial charge < -0.3 is 14.1 Å². The van der Waals surface area contributed by atoms with E-state index in [9.17, 15) is 4.79 Å². The van der Waals surface area contributed by atoms with E-state index in [2.05, 4.69) is 16.9 Å². The van der Waals surface area contributed by atoms with Crippen molar-refractivity contribution >= 4 is 27.5 Å². The van der Waals surface area contributed by atoms with Crippen molar-refractivity contribution in [3.63, 3.8) is 0 Å². The molecule has 1 aliphatic heterocycles. The normalized spacial score (nSPS) is 17.4. The molecule has 0 radical (unpaired) electrons. The zero-order valence-electron chi connectivity index (χ0n) is 15.6. The highest BCUT2D eigenvalue weighted by atomic mass is 32.1. The van der Waals surface area contributed by atoms with Crippen LogP contribution in [0.25, 0.3) is 10.2 Å². The molecule has 0 unspecified atom stereocenters. The van der Waals surface area contributed by atoms with Gasteiger partial charge in [0.2, 0.25) is 5.89 Å². The highest BCUT2D eigenvalue weighted by molar-refractivity contribution is 7.18. The number of ether oxygens (including phenoxy) is 1. The molecule has 0 aliphatic carbocycles. The molecule has 0 spiro atoms. The van der Waals surface area contributed by atoms with E-state index in [-0.39, 0.29) is 12.5 Å². The number of hydrogen-bond acceptors (Lipinski definition) is 6. The molecule has 1 aromatic carbocycles. The Balaban J connectivity index is 1.41. The van der Waals surface area contributed by atoms with Gasteiger partial charge in [-0.15, -0.1) is 11.3 Å². The fraction of sp³-hybridized carbons (Fsp3) is 0.450. The molecule has 3 aromatic rings.